The zero-order valence-corrected chi connectivity index (χ0v) is 15.3. The van der Waals surface area contributed by atoms with Crippen LogP contribution in [0.25, 0.3) is 0 Å². The van der Waals surface area contributed by atoms with Crippen LogP contribution in [0.15, 0.2) is 30.5 Å². The number of hydrogen-bond acceptors (Lipinski definition) is 3. The van der Waals surface area contributed by atoms with E-state index in [4.69, 9.17) is 0 Å². The Morgan fingerprint density at radius 1 is 1.28 bits per heavy atom. The number of urea groups is 1. The summed E-state index contributed by atoms with van der Waals surface area (Å²) in [7, 11) is 2.07. The van der Waals surface area contributed by atoms with Crippen LogP contribution in [-0.2, 0) is 13.1 Å². The fraction of sp³-hybridized carbons (Fsp3) is 0.474. The number of aromatic nitrogens is 2. The minimum absolute atomic E-state index is 0.0664. The van der Waals surface area contributed by atoms with Gasteiger partial charge in [0.2, 0.25) is 0 Å². The standard InChI is InChI=1S/C19H27N5O/c1-4-5-10-24-15(2)17(13-20-24)21-19(25)23-12-11-22(3)18-9-7-6-8-16(18)14-23/h6-9,13H,4-5,10-12,14H2,1-3H3,(H,21,25). The van der Waals surface area contributed by atoms with Gasteiger partial charge in [-0.15, -0.1) is 0 Å². The normalized spacial score (nSPS) is 14.2. The van der Waals surface area contributed by atoms with Crippen LogP contribution in [0.3, 0.4) is 0 Å². The molecule has 0 aliphatic carbocycles. The van der Waals surface area contributed by atoms with Crippen molar-refractivity contribution in [3.8, 4) is 0 Å². The molecule has 2 amide bonds. The van der Waals surface area contributed by atoms with E-state index in [-0.39, 0.29) is 6.03 Å². The van der Waals surface area contributed by atoms with Gasteiger partial charge in [0.15, 0.2) is 0 Å². The van der Waals surface area contributed by atoms with E-state index in [1.807, 2.05) is 28.6 Å². The molecule has 0 saturated carbocycles. The molecule has 0 fully saturated rings. The molecule has 6 nitrogen and oxygen atoms in total. The first-order chi connectivity index (χ1) is 12.1. The lowest BCUT2D eigenvalue weighted by Gasteiger charge is -2.21. The van der Waals surface area contributed by atoms with Crippen LogP contribution in [0.1, 0.15) is 31.0 Å². The number of carbonyl (C=O) groups excluding carboxylic acids is 1. The lowest BCUT2D eigenvalue weighted by Crippen LogP contribution is -2.37. The molecule has 0 unspecified atom stereocenters. The Labute approximate surface area is 149 Å². The molecule has 0 bridgehead atoms. The Hall–Kier alpha value is -2.50. The van der Waals surface area contributed by atoms with Crippen LogP contribution in [0.4, 0.5) is 16.2 Å². The average Bonchev–Trinajstić information content (AvgIpc) is 2.86. The molecule has 1 aliphatic heterocycles. The number of carbonyl (C=O) groups is 1. The van der Waals surface area contributed by atoms with Crippen molar-refractivity contribution in [2.45, 2.75) is 39.8 Å². The number of unbranched alkanes of at least 4 members (excludes halogenated alkanes) is 1. The van der Waals surface area contributed by atoms with Gasteiger partial charge in [0, 0.05) is 38.9 Å². The van der Waals surface area contributed by atoms with Crippen molar-refractivity contribution in [1.82, 2.24) is 14.7 Å². The highest BCUT2D eigenvalue weighted by molar-refractivity contribution is 5.90. The zero-order valence-electron chi connectivity index (χ0n) is 15.3. The Morgan fingerprint density at radius 3 is 2.88 bits per heavy atom. The van der Waals surface area contributed by atoms with Crippen LogP contribution < -0.4 is 10.2 Å². The van der Waals surface area contributed by atoms with Crippen LogP contribution in [0.5, 0.6) is 0 Å². The molecule has 1 aromatic carbocycles. The smallest absolute Gasteiger partial charge is 0.322 e. The molecule has 6 heteroatoms. The van der Waals surface area contributed by atoms with E-state index in [2.05, 4.69) is 41.4 Å². The molecule has 0 saturated heterocycles. The van der Waals surface area contributed by atoms with Gasteiger partial charge in [0.1, 0.15) is 0 Å². The quantitative estimate of drug-likeness (QED) is 0.926. The highest BCUT2D eigenvalue weighted by atomic mass is 16.2. The van der Waals surface area contributed by atoms with Gasteiger partial charge in [-0.3, -0.25) is 4.68 Å². The van der Waals surface area contributed by atoms with E-state index in [0.29, 0.717) is 13.1 Å². The van der Waals surface area contributed by atoms with Crippen molar-refractivity contribution in [2.24, 2.45) is 0 Å². The lowest BCUT2D eigenvalue weighted by atomic mass is 10.1. The summed E-state index contributed by atoms with van der Waals surface area (Å²) in [5, 5.41) is 7.43. The first-order valence-electron chi connectivity index (χ1n) is 8.97. The number of amides is 2. The maximum atomic E-state index is 12.8. The number of benzene rings is 1. The summed E-state index contributed by atoms with van der Waals surface area (Å²) in [5.41, 5.74) is 4.18. The second-order valence-corrected chi connectivity index (χ2v) is 6.62. The summed E-state index contributed by atoms with van der Waals surface area (Å²) in [6.07, 6.45) is 3.97. The van der Waals surface area contributed by atoms with Gasteiger partial charge in [-0.25, -0.2) is 4.79 Å². The van der Waals surface area contributed by atoms with Crippen molar-refractivity contribution < 1.29 is 4.79 Å². The van der Waals surface area contributed by atoms with Gasteiger partial charge in [0.25, 0.3) is 0 Å². The monoisotopic (exact) mass is 341 g/mol. The fourth-order valence-electron chi connectivity index (χ4n) is 3.16. The van der Waals surface area contributed by atoms with Gasteiger partial charge in [-0.05, 0) is 25.0 Å². The number of fused-ring (bicyclic) bond motifs is 1. The summed E-state index contributed by atoms with van der Waals surface area (Å²) in [6.45, 7) is 7.19. The minimum Gasteiger partial charge on any atom is -0.373 e. The van der Waals surface area contributed by atoms with Gasteiger partial charge >= 0.3 is 6.03 Å². The molecule has 1 N–H and O–H groups in total. The Morgan fingerprint density at radius 2 is 2.08 bits per heavy atom. The maximum Gasteiger partial charge on any atom is 0.322 e. The lowest BCUT2D eigenvalue weighted by molar-refractivity contribution is 0.212. The summed E-state index contributed by atoms with van der Waals surface area (Å²) < 4.78 is 1.96. The Bertz CT molecular complexity index is 739. The number of para-hydroxylation sites is 1. The van der Waals surface area contributed by atoms with E-state index in [0.717, 1.165) is 37.3 Å². The number of rotatable bonds is 4. The van der Waals surface area contributed by atoms with Crippen molar-refractivity contribution in [1.29, 1.82) is 0 Å². The third-order valence-electron chi connectivity index (χ3n) is 4.82. The molecule has 3 rings (SSSR count). The van der Waals surface area contributed by atoms with Crippen LogP contribution in [0, 0.1) is 6.92 Å². The maximum absolute atomic E-state index is 12.8. The van der Waals surface area contributed by atoms with Crippen LogP contribution in [0.2, 0.25) is 0 Å². The minimum atomic E-state index is -0.0664. The van der Waals surface area contributed by atoms with Gasteiger partial charge in [-0.1, -0.05) is 31.5 Å². The zero-order chi connectivity index (χ0) is 17.8. The highest BCUT2D eigenvalue weighted by Crippen LogP contribution is 2.24. The van der Waals surface area contributed by atoms with Crippen LogP contribution >= 0.6 is 0 Å². The largest absolute Gasteiger partial charge is 0.373 e. The number of nitrogens with zero attached hydrogens (tertiary/aromatic N) is 4. The molecule has 0 spiro atoms. The van der Waals surface area contributed by atoms with Gasteiger partial charge < -0.3 is 15.1 Å². The second kappa shape index (κ2) is 7.59. The summed E-state index contributed by atoms with van der Waals surface area (Å²) in [5.74, 6) is 0. The van der Waals surface area contributed by atoms with Crippen LogP contribution in [-0.4, -0.2) is 40.8 Å². The fourth-order valence-corrected chi connectivity index (χ4v) is 3.16. The number of anilines is 2. The number of hydrogen-bond donors (Lipinski definition) is 1. The molecule has 0 radical (unpaired) electrons. The average molecular weight is 341 g/mol. The third-order valence-corrected chi connectivity index (χ3v) is 4.82. The number of likely N-dealkylation sites (N-methyl/N-ethyl adjacent to an activating group) is 1. The SMILES string of the molecule is CCCCn1ncc(NC(=O)N2CCN(C)c3ccccc3C2)c1C. The van der Waals surface area contributed by atoms with Crippen molar-refractivity contribution >= 4 is 17.4 Å². The molecule has 2 heterocycles. The Kier molecular flexibility index (Phi) is 5.26. The molecule has 0 atom stereocenters. The predicted molar refractivity (Wildman–Crippen MR) is 101 cm³/mol. The van der Waals surface area contributed by atoms with Crippen molar-refractivity contribution in [2.75, 3.05) is 30.4 Å². The molecular formula is C19H27N5O. The van der Waals surface area contributed by atoms with E-state index in [9.17, 15) is 4.79 Å². The number of nitrogens with one attached hydrogen (secondary N) is 1. The summed E-state index contributed by atoms with van der Waals surface area (Å²) in [6, 6.07) is 8.20. The van der Waals surface area contributed by atoms with Gasteiger partial charge in [0.05, 0.1) is 17.6 Å². The summed E-state index contributed by atoms with van der Waals surface area (Å²) >= 11 is 0. The highest BCUT2D eigenvalue weighted by Gasteiger charge is 2.22. The van der Waals surface area contributed by atoms with Crippen molar-refractivity contribution in [3.63, 3.8) is 0 Å². The molecule has 1 aliphatic rings. The topological polar surface area (TPSA) is 53.4 Å². The van der Waals surface area contributed by atoms with Crippen molar-refractivity contribution in [3.05, 3.63) is 41.7 Å². The number of aryl methyl sites for hydroxylation is 1. The first-order valence-corrected chi connectivity index (χ1v) is 8.97. The molecule has 134 valence electrons. The van der Waals surface area contributed by atoms with E-state index < -0.39 is 0 Å². The summed E-state index contributed by atoms with van der Waals surface area (Å²) in [4.78, 5) is 16.8. The molecular weight excluding hydrogens is 314 g/mol. The van der Waals surface area contributed by atoms with E-state index in [1.165, 1.54) is 11.3 Å². The van der Waals surface area contributed by atoms with E-state index in [1.54, 1.807) is 6.20 Å². The van der Waals surface area contributed by atoms with E-state index >= 15 is 0 Å². The second-order valence-electron chi connectivity index (χ2n) is 6.62. The Balaban J connectivity index is 1.71. The van der Waals surface area contributed by atoms with Gasteiger partial charge in [-0.2, -0.15) is 5.10 Å². The third kappa shape index (κ3) is 3.78. The molecule has 1 aromatic heterocycles. The molecule has 25 heavy (non-hydrogen) atoms. The predicted octanol–water partition coefficient (Wildman–Crippen LogP) is 3.48. The first kappa shape index (κ1) is 17.3. The molecule has 2 aromatic rings.